The second-order valence-corrected chi connectivity index (χ2v) is 4.50. The lowest BCUT2D eigenvalue weighted by Crippen LogP contribution is -2.20. The quantitative estimate of drug-likeness (QED) is 0.567. The molecule has 3 heteroatoms. The first-order chi connectivity index (χ1) is 8.63. The molecule has 1 aromatic carbocycles. The molecule has 0 heterocycles. The molecular formula is C15H23NO2. The summed E-state index contributed by atoms with van der Waals surface area (Å²) in [6.45, 7) is 10.8. The predicted molar refractivity (Wildman–Crippen MR) is 75.1 cm³/mol. The number of hydrogen-bond acceptors (Lipinski definition) is 3. The molecule has 1 N–H and O–H groups in total. The van der Waals surface area contributed by atoms with Gasteiger partial charge in [0.1, 0.15) is 5.75 Å². The summed E-state index contributed by atoms with van der Waals surface area (Å²) in [5.41, 5.74) is 3.47. The summed E-state index contributed by atoms with van der Waals surface area (Å²) in [5, 5.41) is 3.34. The van der Waals surface area contributed by atoms with Crippen LogP contribution < -0.4 is 10.1 Å². The second kappa shape index (κ2) is 7.90. The standard InChI is InChI=1S/C15H23NO2/c1-12(2)11-18-8-7-16-10-14-9-13(3)5-6-15(14)17-4/h5-6,9,16H,1,7-8,10-11H2,2-4H3. The first kappa shape index (κ1) is 14.7. The van der Waals surface area contributed by atoms with E-state index in [-0.39, 0.29) is 0 Å². The maximum absolute atomic E-state index is 5.42. The van der Waals surface area contributed by atoms with E-state index in [0.29, 0.717) is 13.2 Å². The summed E-state index contributed by atoms with van der Waals surface area (Å²) in [7, 11) is 1.70. The number of hydrogen-bond donors (Lipinski definition) is 1. The molecule has 0 fully saturated rings. The highest BCUT2D eigenvalue weighted by atomic mass is 16.5. The van der Waals surface area contributed by atoms with Gasteiger partial charge in [0.2, 0.25) is 0 Å². The zero-order chi connectivity index (χ0) is 13.4. The average Bonchev–Trinajstić information content (AvgIpc) is 2.33. The molecule has 0 amide bonds. The second-order valence-electron chi connectivity index (χ2n) is 4.50. The van der Waals surface area contributed by atoms with Crippen molar-refractivity contribution in [3.63, 3.8) is 0 Å². The summed E-state index contributed by atoms with van der Waals surface area (Å²) in [6, 6.07) is 6.20. The van der Waals surface area contributed by atoms with Crippen molar-refractivity contribution in [1.29, 1.82) is 0 Å². The SMILES string of the molecule is C=C(C)COCCNCc1cc(C)ccc1OC. The number of benzene rings is 1. The summed E-state index contributed by atoms with van der Waals surface area (Å²) < 4.78 is 10.7. The molecule has 0 atom stereocenters. The highest BCUT2D eigenvalue weighted by Crippen LogP contribution is 2.19. The lowest BCUT2D eigenvalue weighted by Gasteiger charge is -2.11. The Morgan fingerprint density at radius 3 is 2.83 bits per heavy atom. The smallest absolute Gasteiger partial charge is 0.123 e. The number of aryl methyl sites for hydroxylation is 1. The van der Waals surface area contributed by atoms with Gasteiger partial charge in [-0.25, -0.2) is 0 Å². The third kappa shape index (κ3) is 5.34. The zero-order valence-electron chi connectivity index (χ0n) is 11.6. The van der Waals surface area contributed by atoms with Crippen LogP contribution in [0.1, 0.15) is 18.1 Å². The van der Waals surface area contributed by atoms with Crippen molar-refractivity contribution in [2.45, 2.75) is 20.4 Å². The summed E-state index contributed by atoms with van der Waals surface area (Å²) in [6.07, 6.45) is 0. The van der Waals surface area contributed by atoms with Crippen LogP contribution in [0, 0.1) is 6.92 Å². The molecule has 0 saturated carbocycles. The molecule has 0 aliphatic carbocycles. The Bertz CT molecular complexity index is 388. The van der Waals surface area contributed by atoms with Gasteiger partial charge in [-0.3, -0.25) is 0 Å². The van der Waals surface area contributed by atoms with Crippen molar-refractivity contribution in [2.75, 3.05) is 26.9 Å². The molecule has 0 unspecified atom stereocenters. The molecule has 0 radical (unpaired) electrons. The van der Waals surface area contributed by atoms with Crippen molar-refractivity contribution in [3.05, 3.63) is 41.5 Å². The van der Waals surface area contributed by atoms with E-state index in [9.17, 15) is 0 Å². The molecule has 0 aliphatic rings. The molecule has 0 bridgehead atoms. The van der Waals surface area contributed by atoms with Crippen LogP contribution in [0.3, 0.4) is 0 Å². The Labute approximate surface area is 110 Å². The van der Waals surface area contributed by atoms with Crippen molar-refractivity contribution in [2.24, 2.45) is 0 Å². The molecule has 18 heavy (non-hydrogen) atoms. The van der Waals surface area contributed by atoms with E-state index in [1.807, 2.05) is 13.0 Å². The fourth-order valence-electron chi connectivity index (χ4n) is 1.66. The zero-order valence-corrected chi connectivity index (χ0v) is 11.6. The Kier molecular flexibility index (Phi) is 6.47. The Morgan fingerprint density at radius 2 is 2.17 bits per heavy atom. The summed E-state index contributed by atoms with van der Waals surface area (Å²) in [5.74, 6) is 0.927. The topological polar surface area (TPSA) is 30.5 Å². The van der Waals surface area contributed by atoms with Gasteiger partial charge in [-0.15, -0.1) is 0 Å². The van der Waals surface area contributed by atoms with Crippen LogP contribution in [-0.4, -0.2) is 26.9 Å². The Morgan fingerprint density at radius 1 is 1.39 bits per heavy atom. The van der Waals surface area contributed by atoms with Gasteiger partial charge in [0, 0.05) is 18.7 Å². The van der Waals surface area contributed by atoms with Gasteiger partial charge in [0.15, 0.2) is 0 Å². The molecule has 0 saturated heterocycles. The largest absolute Gasteiger partial charge is 0.496 e. The highest BCUT2D eigenvalue weighted by molar-refractivity contribution is 5.36. The maximum Gasteiger partial charge on any atom is 0.123 e. The fourth-order valence-corrected chi connectivity index (χ4v) is 1.66. The van der Waals surface area contributed by atoms with Crippen molar-refractivity contribution >= 4 is 0 Å². The minimum atomic E-state index is 0.634. The maximum atomic E-state index is 5.42. The molecular weight excluding hydrogens is 226 g/mol. The Hall–Kier alpha value is -1.32. The van der Waals surface area contributed by atoms with Crippen LogP contribution in [0.5, 0.6) is 5.75 Å². The van der Waals surface area contributed by atoms with E-state index in [4.69, 9.17) is 9.47 Å². The molecule has 1 aromatic rings. The third-order valence-electron chi connectivity index (χ3n) is 2.52. The van der Waals surface area contributed by atoms with Gasteiger partial charge in [0.25, 0.3) is 0 Å². The van der Waals surface area contributed by atoms with Crippen LogP contribution >= 0.6 is 0 Å². The third-order valence-corrected chi connectivity index (χ3v) is 2.52. The number of rotatable bonds is 8. The van der Waals surface area contributed by atoms with Gasteiger partial charge in [-0.05, 0) is 19.9 Å². The first-order valence-electron chi connectivity index (χ1n) is 6.20. The number of nitrogens with one attached hydrogen (secondary N) is 1. The van der Waals surface area contributed by atoms with Gasteiger partial charge < -0.3 is 14.8 Å². The van der Waals surface area contributed by atoms with Crippen LogP contribution in [0.25, 0.3) is 0 Å². The number of methoxy groups -OCH3 is 1. The molecule has 0 aliphatic heterocycles. The van der Waals surface area contributed by atoms with Crippen LogP contribution in [0.4, 0.5) is 0 Å². The Balaban J connectivity index is 2.30. The summed E-state index contributed by atoms with van der Waals surface area (Å²) >= 11 is 0. The minimum Gasteiger partial charge on any atom is -0.496 e. The lowest BCUT2D eigenvalue weighted by atomic mass is 10.1. The van der Waals surface area contributed by atoms with E-state index in [2.05, 4.69) is 31.0 Å². The lowest BCUT2D eigenvalue weighted by molar-refractivity contribution is 0.157. The molecule has 3 nitrogen and oxygen atoms in total. The van der Waals surface area contributed by atoms with Gasteiger partial charge in [-0.1, -0.05) is 29.8 Å². The van der Waals surface area contributed by atoms with Crippen LogP contribution in [-0.2, 0) is 11.3 Å². The van der Waals surface area contributed by atoms with Gasteiger partial charge in [0.05, 0.1) is 20.3 Å². The van der Waals surface area contributed by atoms with Crippen molar-refractivity contribution in [1.82, 2.24) is 5.32 Å². The normalized spacial score (nSPS) is 10.4. The van der Waals surface area contributed by atoms with Gasteiger partial charge in [-0.2, -0.15) is 0 Å². The molecule has 1 rings (SSSR count). The van der Waals surface area contributed by atoms with E-state index in [1.165, 1.54) is 11.1 Å². The van der Waals surface area contributed by atoms with Crippen molar-refractivity contribution in [3.8, 4) is 5.75 Å². The van der Waals surface area contributed by atoms with Crippen LogP contribution in [0.15, 0.2) is 30.4 Å². The highest BCUT2D eigenvalue weighted by Gasteiger charge is 2.02. The first-order valence-corrected chi connectivity index (χ1v) is 6.20. The van der Waals surface area contributed by atoms with E-state index < -0.39 is 0 Å². The number of ether oxygens (including phenoxy) is 2. The predicted octanol–water partition coefficient (Wildman–Crippen LogP) is 2.69. The summed E-state index contributed by atoms with van der Waals surface area (Å²) in [4.78, 5) is 0. The van der Waals surface area contributed by atoms with E-state index in [0.717, 1.165) is 24.4 Å². The molecule has 0 aromatic heterocycles. The minimum absolute atomic E-state index is 0.634. The fraction of sp³-hybridized carbons (Fsp3) is 0.467. The molecule has 0 spiro atoms. The molecule has 100 valence electrons. The monoisotopic (exact) mass is 249 g/mol. The van der Waals surface area contributed by atoms with Crippen molar-refractivity contribution < 1.29 is 9.47 Å². The van der Waals surface area contributed by atoms with E-state index in [1.54, 1.807) is 7.11 Å². The average molecular weight is 249 g/mol. The van der Waals surface area contributed by atoms with Crippen LogP contribution in [0.2, 0.25) is 0 Å². The van der Waals surface area contributed by atoms with E-state index >= 15 is 0 Å². The van der Waals surface area contributed by atoms with Gasteiger partial charge >= 0.3 is 0 Å².